The van der Waals surface area contributed by atoms with Crippen molar-refractivity contribution in [1.82, 2.24) is 9.88 Å². The topological polar surface area (TPSA) is 58.8 Å². The molecule has 1 amide bonds. The van der Waals surface area contributed by atoms with Crippen LogP contribution in [-0.4, -0.2) is 49.1 Å². The number of nitrogens with zero attached hydrogens (tertiary/aromatic N) is 3. The molecule has 1 saturated carbocycles. The van der Waals surface area contributed by atoms with Crippen LogP contribution in [-0.2, 0) is 0 Å². The second-order valence-electron chi connectivity index (χ2n) is 6.34. The molecule has 2 fully saturated rings. The standard InChI is InChI=1S/C18H21N3O3/c1-23-15-10-14(11-19-12-15)20-5-7-21(8-6-20)18(22)16-4-9-24-17(16)13-2-3-13/h4,9-13H,2-3,5-8H2,1H3. The Hall–Kier alpha value is -2.50. The Labute approximate surface area is 141 Å². The lowest BCUT2D eigenvalue weighted by molar-refractivity contribution is 0.0744. The van der Waals surface area contributed by atoms with E-state index in [2.05, 4.69) is 9.88 Å². The van der Waals surface area contributed by atoms with Crippen LogP contribution in [0.15, 0.2) is 35.2 Å². The first-order valence-corrected chi connectivity index (χ1v) is 8.37. The molecular weight excluding hydrogens is 306 g/mol. The number of aromatic nitrogens is 1. The molecule has 6 heteroatoms. The third-order valence-electron chi connectivity index (χ3n) is 4.74. The van der Waals surface area contributed by atoms with Crippen LogP contribution in [0.4, 0.5) is 5.69 Å². The highest BCUT2D eigenvalue weighted by atomic mass is 16.5. The Morgan fingerprint density at radius 3 is 2.75 bits per heavy atom. The van der Waals surface area contributed by atoms with Gasteiger partial charge >= 0.3 is 0 Å². The molecule has 1 saturated heterocycles. The number of hydrogen-bond acceptors (Lipinski definition) is 5. The van der Waals surface area contributed by atoms with Gasteiger partial charge in [-0.15, -0.1) is 0 Å². The Morgan fingerprint density at radius 1 is 1.25 bits per heavy atom. The fourth-order valence-electron chi connectivity index (χ4n) is 3.19. The maximum Gasteiger partial charge on any atom is 0.257 e. The monoisotopic (exact) mass is 327 g/mol. The van der Waals surface area contributed by atoms with Crippen molar-refractivity contribution in [3.05, 3.63) is 42.1 Å². The number of pyridine rings is 1. The van der Waals surface area contributed by atoms with Crippen LogP contribution < -0.4 is 9.64 Å². The molecule has 0 spiro atoms. The molecule has 4 rings (SSSR count). The zero-order valence-electron chi connectivity index (χ0n) is 13.8. The normalized spacial score (nSPS) is 17.9. The molecule has 2 aromatic rings. The largest absolute Gasteiger partial charge is 0.495 e. The van der Waals surface area contributed by atoms with Crippen molar-refractivity contribution >= 4 is 11.6 Å². The molecule has 0 radical (unpaired) electrons. The van der Waals surface area contributed by atoms with Gasteiger partial charge in [0.15, 0.2) is 0 Å². The highest BCUT2D eigenvalue weighted by Gasteiger charge is 2.33. The fourth-order valence-corrected chi connectivity index (χ4v) is 3.19. The van der Waals surface area contributed by atoms with Crippen molar-refractivity contribution in [2.24, 2.45) is 0 Å². The first-order valence-electron chi connectivity index (χ1n) is 8.37. The molecule has 2 aromatic heterocycles. The Kier molecular flexibility index (Phi) is 3.88. The summed E-state index contributed by atoms with van der Waals surface area (Å²) in [6, 6.07) is 3.79. The number of carbonyl (C=O) groups is 1. The van der Waals surface area contributed by atoms with Crippen LogP contribution in [0.3, 0.4) is 0 Å². The van der Waals surface area contributed by atoms with Gasteiger partial charge in [0, 0.05) is 38.2 Å². The summed E-state index contributed by atoms with van der Waals surface area (Å²) in [5.74, 6) is 2.16. The Bertz CT molecular complexity index is 731. The molecule has 0 bridgehead atoms. The molecule has 24 heavy (non-hydrogen) atoms. The zero-order chi connectivity index (χ0) is 16.5. The summed E-state index contributed by atoms with van der Waals surface area (Å²) in [7, 11) is 1.64. The highest BCUT2D eigenvalue weighted by molar-refractivity contribution is 5.95. The van der Waals surface area contributed by atoms with Crippen molar-refractivity contribution in [2.75, 3.05) is 38.2 Å². The van der Waals surface area contributed by atoms with Gasteiger partial charge in [-0.1, -0.05) is 0 Å². The number of carbonyl (C=O) groups excluding carboxylic acids is 1. The van der Waals surface area contributed by atoms with Crippen molar-refractivity contribution in [3.63, 3.8) is 0 Å². The molecule has 2 aliphatic rings. The minimum atomic E-state index is 0.0917. The minimum Gasteiger partial charge on any atom is -0.495 e. The average molecular weight is 327 g/mol. The summed E-state index contributed by atoms with van der Waals surface area (Å²) in [6.07, 6.45) is 7.43. The number of furan rings is 1. The summed E-state index contributed by atoms with van der Waals surface area (Å²) in [5.41, 5.74) is 1.78. The fraction of sp³-hybridized carbons (Fsp3) is 0.444. The zero-order valence-corrected chi connectivity index (χ0v) is 13.8. The van der Waals surface area contributed by atoms with Crippen LogP contribution in [0, 0.1) is 0 Å². The molecule has 126 valence electrons. The van der Waals surface area contributed by atoms with Gasteiger partial charge in [-0.25, -0.2) is 0 Å². The van der Waals surface area contributed by atoms with E-state index in [1.807, 2.05) is 23.2 Å². The van der Waals surface area contributed by atoms with E-state index in [1.165, 1.54) is 0 Å². The van der Waals surface area contributed by atoms with Crippen molar-refractivity contribution < 1.29 is 13.9 Å². The number of rotatable bonds is 4. The molecular formula is C18H21N3O3. The van der Waals surface area contributed by atoms with Gasteiger partial charge in [-0.3, -0.25) is 9.78 Å². The van der Waals surface area contributed by atoms with Crippen LogP contribution in [0.1, 0.15) is 34.9 Å². The molecule has 1 aliphatic carbocycles. The molecule has 0 atom stereocenters. The van der Waals surface area contributed by atoms with Crippen LogP contribution >= 0.6 is 0 Å². The number of hydrogen-bond donors (Lipinski definition) is 0. The van der Waals surface area contributed by atoms with E-state index in [9.17, 15) is 4.79 Å². The first kappa shape index (κ1) is 15.1. The number of amides is 1. The second-order valence-corrected chi connectivity index (χ2v) is 6.34. The molecule has 1 aliphatic heterocycles. The lowest BCUT2D eigenvalue weighted by Crippen LogP contribution is -2.48. The van der Waals surface area contributed by atoms with Gasteiger partial charge in [-0.2, -0.15) is 0 Å². The highest BCUT2D eigenvalue weighted by Crippen LogP contribution is 2.42. The molecule has 3 heterocycles. The van der Waals surface area contributed by atoms with E-state index in [0.29, 0.717) is 19.0 Å². The van der Waals surface area contributed by atoms with Gasteiger partial charge in [0.1, 0.15) is 11.5 Å². The van der Waals surface area contributed by atoms with E-state index in [4.69, 9.17) is 9.15 Å². The molecule has 0 unspecified atom stereocenters. The van der Waals surface area contributed by atoms with Gasteiger partial charge < -0.3 is 19.0 Å². The molecule has 0 aromatic carbocycles. The first-order chi connectivity index (χ1) is 11.8. The van der Waals surface area contributed by atoms with E-state index >= 15 is 0 Å². The van der Waals surface area contributed by atoms with Gasteiger partial charge in [0.2, 0.25) is 0 Å². The number of anilines is 1. The average Bonchev–Trinajstić information content (AvgIpc) is 3.38. The van der Waals surface area contributed by atoms with E-state index in [-0.39, 0.29) is 5.91 Å². The maximum absolute atomic E-state index is 12.8. The quantitative estimate of drug-likeness (QED) is 0.863. The number of piperazine rings is 1. The van der Waals surface area contributed by atoms with Gasteiger partial charge in [-0.05, 0) is 18.9 Å². The van der Waals surface area contributed by atoms with Crippen molar-refractivity contribution in [1.29, 1.82) is 0 Å². The van der Waals surface area contributed by atoms with E-state index in [1.54, 1.807) is 19.6 Å². The predicted octanol–water partition coefficient (Wildman–Crippen LogP) is 2.52. The summed E-state index contributed by atoms with van der Waals surface area (Å²) >= 11 is 0. The van der Waals surface area contributed by atoms with Gasteiger partial charge in [0.05, 0.1) is 37.0 Å². The smallest absolute Gasteiger partial charge is 0.257 e. The lowest BCUT2D eigenvalue weighted by Gasteiger charge is -2.36. The second kappa shape index (κ2) is 6.19. The Balaban J connectivity index is 1.42. The minimum absolute atomic E-state index is 0.0917. The number of ether oxygens (including phenoxy) is 1. The summed E-state index contributed by atoms with van der Waals surface area (Å²) in [4.78, 5) is 21.1. The summed E-state index contributed by atoms with van der Waals surface area (Å²) < 4.78 is 10.8. The van der Waals surface area contributed by atoms with Gasteiger partial charge in [0.25, 0.3) is 5.91 Å². The van der Waals surface area contributed by atoms with Crippen molar-refractivity contribution in [3.8, 4) is 5.75 Å². The van der Waals surface area contributed by atoms with Crippen LogP contribution in [0.25, 0.3) is 0 Å². The van der Waals surface area contributed by atoms with E-state index in [0.717, 1.165) is 48.7 Å². The van der Waals surface area contributed by atoms with Crippen LogP contribution in [0.2, 0.25) is 0 Å². The molecule has 6 nitrogen and oxygen atoms in total. The third-order valence-corrected chi connectivity index (χ3v) is 4.74. The number of methoxy groups -OCH3 is 1. The molecule has 0 N–H and O–H groups in total. The lowest BCUT2D eigenvalue weighted by atomic mass is 10.1. The maximum atomic E-state index is 12.8. The summed E-state index contributed by atoms with van der Waals surface area (Å²) in [6.45, 7) is 2.98. The predicted molar refractivity (Wildman–Crippen MR) is 89.6 cm³/mol. The third kappa shape index (κ3) is 2.84. The van der Waals surface area contributed by atoms with E-state index < -0.39 is 0 Å². The van der Waals surface area contributed by atoms with Crippen molar-refractivity contribution in [2.45, 2.75) is 18.8 Å². The SMILES string of the molecule is COc1cncc(N2CCN(C(=O)c3ccoc3C3CC3)CC2)c1. The van der Waals surface area contributed by atoms with Crippen LogP contribution in [0.5, 0.6) is 5.75 Å². The summed E-state index contributed by atoms with van der Waals surface area (Å²) in [5, 5.41) is 0. The Morgan fingerprint density at radius 2 is 2.04 bits per heavy atom.